The quantitative estimate of drug-likeness (QED) is 0.733. The van der Waals surface area contributed by atoms with E-state index in [1.807, 2.05) is 12.1 Å². The first-order valence-corrected chi connectivity index (χ1v) is 6.73. The van der Waals surface area contributed by atoms with Gasteiger partial charge in [0.2, 0.25) is 0 Å². The molecule has 1 rings (SSSR count). The van der Waals surface area contributed by atoms with Gasteiger partial charge in [-0.3, -0.25) is 0 Å². The summed E-state index contributed by atoms with van der Waals surface area (Å²) in [6.45, 7) is 6.36. The maximum Gasteiger partial charge on any atom is 0.288 e. The topological polar surface area (TPSA) is 12.0 Å². The molecule has 4 heteroatoms. The molecule has 1 atom stereocenters. The smallest absolute Gasteiger partial charge is 0.288 e. The summed E-state index contributed by atoms with van der Waals surface area (Å²) in [7, 11) is 0. The number of benzene rings is 1. The number of halogens is 2. The lowest BCUT2D eigenvalue weighted by molar-refractivity contribution is 0.252. The van der Waals surface area contributed by atoms with E-state index in [9.17, 15) is 8.78 Å². The molecule has 0 heterocycles. The van der Waals surface area contributed by atoms with Crippen molar-refractivity contribution < 1.29 is 8.78 Å². The van der Waals surface area contributed by atoms with E-state index in [0.29, 0.717) is 28.6 Å². The number of hydrogen-bond acceptors (Lipinski definition) is 2. The zero-order valence-corrected chi connectivity index (χ0v) is 11.2. The third-order valence-corrected chi connectivity index (χ3v) is 3.48. The van der Waals surface area contributed by atoms with Crippen LogP contribution in [0.3, 0.4) is 0 Å². The van der Waals surface area contributed by atoms with Crippen LogP contribution in [0.15, 0.2) is 29.2 Å². The molecule has 1 nitrogen and oxygen atoms in total. The Morgan fingerprint density at radius 2 is 1.88 bits per heavy atom. The van der Waals surface area contributed by atoms with Crippen LogP contribution in [0, 0.1) is 5.92 Å². The summed E-state index contributed by atoms with van der Waals surface area (Å²) < 4.78 is 24.8. The number of thioether (sulfide) groups is 1. The summed E-state index contributed by atoms with van der Waals surface area (Å²) >= 11 is 0.593. The lowest BCUT2D eigenvalue weighted by atomic mass is 10.0. The number of rotatable bonds is 6. The summed E-state index contributed by atoms with van der Waals surface area (Å²) in [5.41, 5.74) is 0.804. The fourth-order valence-electron chi connectivity index (χ4n) is 1.72. The third-order valence-electron chi connectivity index (χ3n) is 2.69. The van der Waals surface area contributed by atoms with Gasteiger partial charge in [0.05, 0.1) is 0 Å². The van der Waals surface area contributed by atoms with Crippen molar-refractivity contribution in [2.45, 2.75) is 43.9 Å². The lowest BCUT2D eigenvalue weighted by Gasteiger charge is -2.23. The molecule has 1 N–H and O–H groups in total. The molecule has 1 aromatic rings. The highest BCUT2D eigenvalue weighted by Crippen LogP contribution is 2.32. The van der Waals surface area contributed by atoms with Crippen molar-refractivity contribution in [3.63, 3.8) is 0 Å². The van der Waals surface area contributed by atoms with Gasteiger partial charge in [-0.15, -0.1) is 0 Å². The molecule has 0 aromatic heterocycles. The number of alkyl halides is 2. The van der Waals surface area contributed by atoms with Gasteiger partial charge in [-0.05, 0) is 24.5 Å². The van der Waals surface area contributed by atoms with Gasteiger partial charge in [0, 0.05) is 16.6 Å². The molecule has 0 fully saturated rings. The van der Waals surface area contributed by atoms with E-state index in [0.717, 1.165) is 12.1 Å². The Morgan fingerprint density at radius 3 is 2.41 bits per heavy atom. The Labute approximate surface area is 106 Å². The highest BCUT2D eigenvalue weighted by Gasteiger charge is 2.14. The van der Waals surface area contributed by atoms with E-state index in [4.69, 9.17) is 0 Å². The van der Waals surface area contributed by atoms with Crippen molar-refractivity contribution in [2.24, 2.45) is 5.92 Å². The van der Waals surface area contributed by atoms with Gasteiger partial charge < -0.3 is 5.32 Å². The van der Waals surface area contributed by atoms with E-state index in [1.54, 1.807) is 12.1 Å². The standard InChI is InChI=1S/C13H19F2NS/c1-4-10(9(2)3)16-11-7-5-6-8-12(11)17-13(14)15/h5-10,13,16H,4H2,1-3H3. The van der Waals surface area contributed by atoms with Crippen molar-refractivity contribution in [3.05, 3.63) is 24.3 Å². The van der Waals surface area contributed by atoms with Crippen LogP contribution in [0.4, 0.5) is 14.5 Å². The predicted molar refractivity (Wildman–Crippen MR) is 70.8 cm³/mol. The average Bonchev–Trinajstić information content (AvgIpc) is 2.26. The Morgan fingerprint density at radius 1 is 1.24 bits per heavy atom. The van der Waals surface area contributed by atoms with Crippen LogP contribution in [0.1, 0.15) is 27.2 Å². The van der Waals surface area contributed by atoms with Crippen LogP contribution in [-0.2, 0) is 0 Å². The minimum atomic E-state index is -2.38. The molecular weight excluding hydrogens is 240 g/mol. The second kappa shape index (κ2) is 6.84. The van der Waals surface area contributed by atoms with Crippen LogP contribution < -0.4 is 5.32 Å². The minimum Gasteiger partial charge on any atom is -0.381 e. The van der Waals surface area contributed by atoms with Crippen LogP contribution >= 0.6 is 11.8 Å². The van der Waals surface area contributed by atoms with Gasteiger partial charge in [0.25, 0.3) is 5.76 Å². The second-order valence-corrected chi connectivity index (χ2v) is 5.31. The molecule has 0 amide bonds. The molecule has 0 spiro atoms. The van der Waals surface area contributed by atoms with Crippen LogP contribution in [0.2, 0.25) is 0 Å². The van der Waals surface area contributed by atoms with Crippen molar-refractivity contribution in [1.82, 2.24) is 0 Å². The highest BCUT2D eigenvalue weighted by molar-refractivity contribution is 7.99. The first-order chi connectivity index (χ1) is 8.04. The number of nitrogens with one attached hydrogen (secondary N) is 1. The summed E-state index contributed by atoms with van der Waals surface area (Å²) in [6.07, 6.45) is 0.978. The molecule has 0 bridgehead atoms. The Balaban J connectivity index is 2.82. The molecule has 0 radical (unpaired) electrons. The fourth-order valence-corrected chi connectivity index (χ4v) is 2.33. The number of anilines is 1. The van der Waals surface area contributed by atoms with Crippen molar-refractivity contribution in [1.29, 1.82) is 0 Å². The van der Waals surface area contributed by atoms with Gasteiger partial charge >= 0.3 is 0 Å². The van der Waals surface area contributed by atoms with Gasteiger partial charge in [0.15, 0.2) is 0 Å². The maximum atomic E-state index is 12.4. The summed E-state index contributed by atoms with van der Waals surface area (Å²) in [6, 6.07) is 7.55. The number of hydrogen-bond donors (Lipinski definition) is 1. The zero-order chi connectivity index (χ0) is 12.8. The summed E-state index contributed by atoms with van der Waals surface area (Å²) in [4.78, 5) is 0.613. The molecule has 0 saturated carbocycles. The van der Waals surface area contributed by atoms with E-state index in [-0.39, 0.29) is 0 Å². The highest BCUT2D eigenvalue weighted by atomic mass is 32.2. The molecule has 0 aliphatic rings. The van der Waals surface area contributed by atoms with Crippen LogP contribution in [0.5, 0.6) is 0 Å². The molecule has 96 valence electrons. The average molecular weight is 259 g/mol. The van der Waals surface area contributed by atoms with Crippen molar-refractivity contribution >= 4 is 17.4 Å². The van der Waals surface area contributed by atoms with Crippen LogP contribution in [0.25, 0.3) is 0 Å². The molecule has 1 unspecified atom stereocenters. The Hall–Kier alpha value is -0.770. The third kappa shape index (κ3) is 4.54. The summed E-state index contributed by atoms with van der Waals surface area (Å²) in [5.74, 6) is -1.90. The molecule has 17 heavy (non-hydrogen) atoms. The molecular formula is C13H19F2NS. The van der Waals surface area contributed by atoms with Gasteiger partial charge in [-0.1, -0.05) is 44.7 Å². The normalized spacial score (nSPS) is 13.1. The fraction of sp³-hybridized carbons (Fsp3) is 0.538. The summed E-state index contributed by atoms with van der Waals surface area (Å²) in [5, 5.41) is 3.35. The van der Waals surface area contributed by atoms with Crippen molar-refractivity contribution in [2.75, 3.05) is 5.32 Å². The monoisotopic (exact) mass is 259 g/mol. The largest absolute Gasteiger partial charge is 0.381 e. The van der Waals surface area contributed by atoms with Gasteiger partial charge in [-0.2, -0.15) is 8.78 Å². The number of para-hydroxylation sites is 1. The molecule has 0 aliphatic carbocycles. The maximum absolute atomic E-state index is 12.4. The molecule has 0 aliphatic heterocycles. The van der Waals surface area contributed by atoms with Gasteiger partial charge in [-0.25, -0.2) is 0 Å². The molecule has 0 saturated heterocycles. The van der Waals surface area contributed by atoms with Crippen molar-refractivity contribution in [3.8, 4) is 0 Å². The first-order valence-electron chi connectivity index (χ1n) is 5.85. The zero-order valence-electron chi connectivity index (χ0n) is 10.4. The minimum absolute atomic E-state index is 0.314. The van der Waals surface area contributed by atoms with E-state index < -0.39 is 5.76 Å². The Kier molecular flexibility index (Phi) is 5.75. The van der Waals surface area contributed by atoms with Crippen LogP contribution in [-0.4, -0.2) is 11.8 Å². The Bertz CT molecular complexity index is 342. The lowest BCUT2D eigenvalue weighted by Crippen LogP contribution is -2.24. The first kappa shape index (κ1) is 14.3. The SMILES string of the molecule is CCC(Nc1ccccc1SC(F)F)C(C)C. The second-order valence-electron chi connectivity index (χ2n) is 4.28. The van der Waals surface area contributed by atoms with E-state index in [1.165, 1.54) is 0 Å². The predicted octanol–water partition coefficient (Wildman–Crippen LogP) is 4.85. The van der Waals surface area contributed by atoms with Gasteiger partial charge in [0.1, 0.15) is 0 Å². The van der Waals surface area contributed by atoms with E-state index >= 15 is 0 Å². The molecule has 1 aromatic carbocycles. The van der Waals surface area contributed by atoms with E-state index in [2.05, 4.69) is 26.1 Å².